The number of phenolic OH excluding ortho intramolecular Hbond substituents is 2. The normalized spacial score (nSPS) is 10.8. The van der Waals surface area contributed by atoms with Gasteiger partial charge in [-0.15, -0.1) is 0 Å². The second-order valence-corrected chi connectivity index (χ2v) is 5.88. The van der Waals surface area contributed by atoms with E-state index >= 15 is 0 Å². The molecule has 0 aliphatic heterocycles. The number of aldehydes is 2. The molecule has 0 heterocycles. The number of carbonyl (C=O) groups excluding carboxylic acids is 2. The van der Waals surface area contributed by atoms with Gasteiger partial charge in [-0.3, -0.25) is 19.6 Å². The minimum atomic E-state index is -0.0467. The predicted octanol–water partition coefficient (Wildman–Crippen LogP) is 4.22. The van der Waals surface area contributed by atoms with Gasteiger partial charge >= 0.3 is 0 Å². The van der Waals surface area contributed by atoms with Crippen LogP contribution in [0.15, 0.2) is 70.6 Å². The van der Waals surface area contributed by atoms with Crippen molar-refractivity contribution in [3.63, 3.8) is 0 Å². The smallest absolute Gasteiger partial charge is 0.150 e. The van der Waals surface area contributed by atoms with Crippen molar-refractivity contribution >= 4 is 36.4 Å². The average molecular weight is 567 g/mol. The number of para-hydroxylation sites is 2. The molecule has 0 atom stereocenters. The summed E-state index contributed by atoms with van der Waals surface area (Å²) in [6, 6.07) is 16.2. The Morgan fingerprint density at radius 2 is 1.07 bits per heavy atom. The first kappa shape index (κ1) is 21.9. The first-order chi connectivity index (χ1) is 13.6. The summed E-state index contributed by atoms with van der Waals surface area (Å²) >= 11 is 0. The van der Waals surface area contributed by atoms with Crippen molar-refractivity contribution in [1.82, 2.24) is 0 Å². The van der Waals surface area contributed by atoms with E-state index in [1.165, 1.54) is 24.6 Å². The summed E-state index contributed by atoms with van der Waals surface area (Å²) in [6.45, 7) is 0. The Morgan fingerprint density at radius 3 is 1.41 bits per heavy atom. The van der Waals surface area contributed by atoms with Crippen molar-refractivity contribution in [3.8, 4) is 11.5 Å². The van der Waals surface area contributed by atoms with Crippen LogP contribution < -0.4 is 0 Å². The van der Waals surface area contributed by atoms with Crippen LogP contribution in [0.2, 0.25) is 0 Å². The molecule has 148 valence electrons. The molecular weight excluding hydrogens is 551 g/mol. The van der Waals surface area contributed by atoms with Gasteiger partial charge in [0.25, 0.3) is 0 Å². The van der Waals surface area contributed by atoms with E-state index in [1.54, 1.807) is 48.5 Å². The molecule has 0 unspecified atom stereocenters. The van der Waals surface area contributed by atoms with Crippen molar-refractivity contribution < 1.29 is 40.9 Å². The van der Waals surface area contributed by atoms with Gasteiger partial charge in [-0.05, 0) is 36.4 Å². The maximum absolute atomic E-state index is 10.7. The summed E-state index contributed by atoms with van der Waals surface area (Å²) < 4.78 is 0. The molecule has 0 saturated carbocycles. The van der Waals surface area contributed by atoms with Crippen molar-refractivity contribution in [3.05, 3.63) is 82.9 Å². The molecule has 3 aromatic carbocycles. The SMILES string of the molecule is O=Cc1ccc(C=Nc2ccccc2N=Cc2ccc(C=O)cc2O)c(O)c1.[Pt]. The van der Waals surface area contributed by atoms with Gasteiger partial charge in [0.15, 0.2) is 0 Å². The molecule has 0 amide bonds. The van der Waals surface area contributed by atoms with Gasteiger partial charge in [0.2, 0.25) is 0 Å². The maximum atomic E-state index is 10.7. The van der Waals surface area contributed by atoms with E-state index in [0.29, 0.717) is 46.2 Å². The van der Waals surface area contributed by atoms with Crippen LogP contribution in [0, 0.1) is 0 Å². The third-order valence-corrected chi connectivity index (χ3v) is 3.95. The Balaban J connectivity index is 0.00000300. The van der Waals surface area contributed by atoms with Crippen LogP contribution in [-0.4, -0.2) is 35.2 Å². The van der Waals surface area contributed by atoms with Gasteiger partial charge in [0.05, 0.1) is 11.4 Å². The van der Waals surface area contributed by atoms with Gasteiger partial charge in [-0.2, -0.15) is 0 Å². The average Bonchev–Trinajstić information content (AvgIpc) is 2.72. The molecule has 0 saturated heterocycles. The van der Waals surface area contributed by atoms with Gasteiger partial charge in [0, 0.05) is 55.7 Å². The zero-order valence-corrected chi connectivity index (χ0v) is 17.3. The minimum absolute atomic E-state index is 0. The summed E-state index contributed by atoms with van der Waals surface area (Å²) in [7, 11) is 0. The van der Waals surface area contributed by atoms with Crippen LogP contribution >= 0.6 is 0 Å². The Morgan fingerprint density at radius 1 is 0.655 bits per heavy atom. The van der Waals surface area contributed by atoms with Crippen molar-refractivity contribution in [1.29, 1.82) is 0 Å². The molecule has 0 radical (unpaired) electrons. The molecule has 0 spiro atoms. The number of hydrogen-bond donors (Lipinski definition) is 2. The zero-order valence-electron chi connectivity index (χ0n) is 15.0. The van der Waals surface area contributed by atoms with Crippen LogP contribution in [0.3, 0.4) is 0 Å². The number of aliphatic imine (C=N–C) groups is 2. The summed E-state index contributed by atoms with van der Waals surface area (Å²) in [5.41, 5.74) is 2.79. The molecular formula is C22H16N2O4Pt. The molecule has 3 rings (SSSR count). The second-order valence-electron chi connectivity index (χ2n) is 5.88. The van der Waals surface area contributed by atoms with Crippen LogP contribution in [0.1, 0.15) is 31.8 Å². The van der Waals surface area contributed by atoms with Crippen LogP contribution in [-0.2, 0) is 21.1 Å². The molecule has 0 aliphatic carbocycles. The van der Waals surface area contributed by atoms with Gasteiger partial charge in [-0.1, -0.05) is 24.3 Å². The number of benzene rings is 3. The second kappa shape index (κ2) is 10.2. The molecule has 0 aromatic heterocycles. The first-order valence-electron chi connectivity index (χ1n) is 8.34. The molecule has 0 aliphatic rings. The number of nitrogens with zero attached hydrogens (tertiary/aromatic N) is 2. The molecule has 0 fully saturated rings. The molecule has 0 bridgehead atoms. The third kappa shape index (κ3) is 5.56. The predicted molar refractivity (Wildman–Crippen MR) is 108 cm³/mol. The monoisotopic (exact) mass is 567 g/mol. The molecule has 29 heavy (non-hydrogen) atoms. The van der Waals surface area contributed by atoms with Crippen LogP contribution in [0.4, 0.5) is 11.4 Å². The largest absolute Gasteiger partial charge is 0.507 e. The third-order valence-electron chi connectivity index (χ3n) is 3.95. The van der Waals surface area contributed by atoms with E-state index < -0.39 is 0 Å². The van der Waals surface area contributed by atoms with Crippen LogP contribution in [0.5, 0.6) is 11.5 Å². The topological polar surface area (TPSA) is 99.3 Å². The Hall–Kier alpha value is -3.37. The van der Waals surface area contributed by atoms with E-state index in [9.17, 15) is 19.8 Å². The Kier molecular flexibility index (Phi) is 7.75. The maximum Gasteiger partial charge on any atom is 0.150 e. The van der Waals surface area contributed by atoms with E-state index in [-0.39, 0.29) is 32.6 Å². The number of aromatic hydroxyl groups is 2. The molecule has 3 aromatic rings. The van der Waals surface area contributed by atoms with Gasteiger partial charge < -0.3 is 10.2 Å². The zero-order chi connectivity index (χ0) is 19.9. The van der Waals surface area contributed by atoms with E-state index in [0.717, 1.165) is 0 Å². The quantitative estimate of drug-likeness (QED) is 0.344. The van der Waals surface area contributed by atoms with E-state index in [4.69, 9.17) is 0 Å². The van der Waals surface area contributed by atoms with Crippen LogP contribution in [0.25, 0.3) is 0 Å². The van der Waals surface area contributed by atoms with Gasteiger partial charge in [0.1, 0.15) is 24.1 Å². The Bertz CT molecular complexity index is 1010. The summed E-state index contributed by atoms with van der Waals surface area (Å²) in [6.07, 6.45) is 4.27. The molecule has 7 heteroatoms. The summed E-state index contributed by atoms with van der Waals surface area (Å²) in [5, 5.41) is 19.9. The first-order valence-corrected chi connectivity index (χ1v) is 8.34. The molecule has 2 N–H and O–H groups in total. The summed E-state index contributed by atoms with van der Waals surface area (Å²) in [5.74, 6) is -0.0935. The number of carbonyl (C=O) groups is 2. The van der Waals surface area contributed by atoms with Crippen molar-refractivity contribution in [2.24, 2.45) is 9.98 Å². The van der Waals surface area contributed by atoms with E-state index in [2.05, 4.69) is 9.98 Å². The molecule has 6 nitrogen and oxygen atoms in total. The standard InChI is InChI=1S/C22H16N2O4.Pt/c25-13-15-5-7-17(21(27)9-15)11-23-19-3-1-2-4-20(19)24-12-18-8-6-16(14-26)10-22(18)28;/h1-14,27-28H;. The summed E-state index contributed by atoms with van der Waals surface area (Å²) in [4.78, 5) is 30.2. The number of hydrogen-bond acceptors (Lipinski definition) is 6. The minimum Gasteiger partial charge on any atom is -0.507 e. The van der Waals surface area contributed by atoms with Gasteiger partial charge in [-0.25, -0.2) is 0 Å². The fourth-order valence-corrected chi connectivity index (χ4v) is 2.45. The fourth-order valence-electron chi connectivity index (χ4n) is 2.45. The number of rotatable bonds is 6. The number of phenols is 2. The fraction of sp³-hybridized carbons (Fsp3) is 0. The Labute approximate surface area is 181 Å². The van der Waals surface area contributed by atoms with E-state index in [1.807, 2.05) is 0 Å². The van der Waals surface area contributed by atoms with Crippen molar-refractivity contribution in [2.45, 2.75) is 0 Å². The van der Waals surface area contributed by atoms with Crippen molar-refractivity contribution in [2.75, 3.05) is 0 Å².